The quantitative estimate of drug-likeness (QED) is 0.0674. The Hall–Kier alpha value is -1.42. The minimum atomic E-state index is -0.409. The number of carbonyl (C=O) groups excluding carboxylic acids is 3. The van der Waals surface area contributed by atoms with E-state index in [-0.39, 0.29) is 47.2 Å². The fraction of sp³-hybridized carbons (Fsp3) is 0.919. The monoisotopic (exact) mass is 698 g/mol. The first-order valence-corrected chi connectivity index (χ1v) is 17.6. The topological polar surface area (TPSA) is 97.4 Å². The molecular weight excluding hydrogens is 622 g/mol. The van der Waals surface area contributed by atoms with Gasteiger partial charge in [0.2, 0.25) is 0 Å². The lowest BCUT2D eigenvalue weighted by atomic mass is 9.91. The van der Waals surface area contributed by atoms with Crippen LogP contribution in [-0.2, 0) is 38.1 Å². The van der Waals surface area contributed by atoms with E-state index in [1.54, 1.807) is 0 Å². The van der Waals surface area contributed by atoms with E-state index < -0.39 is 5.41 Å². The van der Waals surface area contributed by atoms with Gasteiger partial charge in [0.15, 0.2) is 0 Å². The zero-order valence-electron chi connectivity index (χ0n) is 33.3. The first-order valence-electron chi connectivity index (χ1n) is 17.6. The van der Waals surface area contributed by atoms with Crippen molar-refractivity contribution in [2.24, 2.45) is 16.2 Å². The van der Waals surface area contributed by atoms with Crippen molar-refractivity contribution in [3.63, 3.8) is 0 Å². The normalized spacial score (nSPS) is 12.3. The van der Waals surface area contributed by atoms with Gasteiger partial charge in [0.25, 0.3) is 0 Å². The van der Waals surface area contributed by atoms with E-state index in [4.69, 9.17) is 18.9 Å². The van der Waals surface area contributed by atoms with Crippen LogP contribution < -0.4 is 12.4 Å². The van der Waals surface area contributed by atoms with Crippen molar-refractivity contribution in [3.8, 4) is 0 Å². The summed E-state index contributed by atoms with van der Waals surface area (Å²) >= 11 is 0. The Balaban J connectivity index is -0.000000327. The minimum Gasteiger partial charge on any atom is -1.00 e. The molecule has 0 aliphatic rings. The third-order valence-electron chi connectivity index (χ3n) is 8.20. The molecule has 0 spiro atoms. The average Bonchev–Trinajstić information content (AvgIpc) is 2.99. The van der Waals surface area contributed by atoms with Crippen LogP contribution in [0.25, 0.3) is 0 Å². The highest BCUT2D eigenvalue weighted by atomic mass is 35.5. The van der Waals surface area contributed by atoms with Gasteiger partial charge >= 0.3 is 17.9 Å². The van der Waals surface area contributed by atoms with Crippen molar-refractivity contribution in [2.45, 2.75) is 140 Å². The first kappa shape index (κ1) is 52.4. The van der Waals surface area contributed by atoms with Gasteiger partial charge in [-0.1, -0.05) is 59.8 Å². The molecular formula is C37H76ClNO8. The van der Waals surface area contributed by atoms with Crippen LogP contribution in [0.4, 0.5) is 0 Å². The summed E-state index contributed by atoms with van der Waals surface area (Å²) in [7, 11) is 7.66. The molecule has 9 nitrogen and oxygen atoms in total. The Kier molecular flexibility index (Phi) is 31.7. The van der Waals surface area contributed by atoms with Gasteiger partial charge in [-0.05, 0) is 74.1 Å². The summed E-state index contributed by atoms with van der Waals surface area (Å²) in [4.78, 5) is 34.2. The Morgan fingerprint density at radius 1 is 0.617 bits per heavy atom. The number of likely N-dealkylation sites (N-methyl/N-ethyl adjacent to an activating group) is 1. The number of unbranched alkanes of at least 4 members (excludes halogenated alkanes) is 5. The van der Waals surface area contributed by atoms with Crippen LogP contribution in [-0.4, -0.2) is 96.3 Å². The zero-order valence-corrected chi connectivity index (χ0v) is 34.0. The molecule has 1 atom stereocenters. The molecule has 284 valence electrons. The standard InChI is InChI=1S/C19H38O4.C11H24NO2.C7H14O2.ClH/c1-6-8-9-10-11-12-13-22-17(3)16-21-14-15-23-18(20)19(4,5)7-2;1-7-11(2,3)10(13)14-9-8-12(4,5)6;1-5-7(2,3)6(8)9-4;/h17H,6-16H2,1-5H3;7-9H2,1-6H3;5H2,1-4H3;1H/q;+1;;/p-1. The predicted octanol–water partition coefficient (Wildman–Crippen LogP) is 5.02. The molecule has 0 aliphatic carbocycles. The van der Waals surface area contributed by atoms with Crippen molar-refractivity contribution >= 4 is 17.9 Å². The first-order chi connectivity index (χ1) is 21.2. The van der Waals surface area contributed by atoms with Gasteiger partial charge < -0.3 is 40.6 Å². The van der Waals surface area contributed by atoms with Crippen LogP contribution >= 0.6 is 0 Å². The van der Waals surface area contributed by atoms with Gasteiger partial charge in [0.05, 0.1) is 63.8 Å². The lowest BCUT2D eigenvalue weighted by Gasteiger charge is -2.25. The van der Waals surface area contributed by atoms with Crippen LogP contribution in [0.5, 0.6) is 0 Å². The number of esters is 3. The van der Waals surface area contributed by atoms with Crippen molar-refractivity contribution in [2.75, 3.05) is 67.8 Å². The van der Waals surface area contributed by atoms with Crippen LogP contribution in [0.15, 0.2) is 0 Å². The molecule has 0 radical (unpaired) electrons. The Bertz CT molecular complexity index is 794. The molecule has 0 fully saturated rings. The van der Waals surface area contributed by atoms with Crippen LogP contribution in [0, 0.1) is 16.2 Å². The van der Waals surface area contributed by atoms with Crippen molar-refractivity contribution in [3.05, 3.63) is 0 Å². The molecule has 0 amide bonds. The van der Waals surface area contributed by atoms with E-state index in [2.05, 4.69) is 32.8 Å². The van der Waals surface area contributed by atoms with Crippen molar-refractivity contribution < 1.29 is 55.0 Å². The third-order valence-corrected chi connectivity index (χ3v) is 8.20. The molecule has 1 unspecified atom stereocenters. The number of quaternary nitrogens is 1. The summed E-state index contributed by atoms with van der Waals surface area (Å²) < 4.78 is 27.0. The number of carbonyl (C=O) groups is 3. The largest absolute Gasteiger partial charge is 1.00 e. The number of methoxy groups -OCH3 is 1. The highest BCUT2D eigenvalue weighted by molar-refractivity contribution is 5.76. The van der Waals surface area contributed by atoms with Gasteiger partial charge in [-0.3, -0.25) is 14.4 Å². The Morgan fingerprint density at radius 3 is 1.45 bits per heavy atom. The Labute approximate surface area is 296 Å². The van der Waals surface area contributed by atoms with E-state index in [0.29, 0.717) is 26.4 Å². The van der Waals surface area contributed by atoms with Crippen molar-refractivity contribution in [1.82, 2.24) is 0 Å². The highest BCUT2D eigenvalue weighted by Crippen LogP contribution is 2.22. The fourth-order valence-corrected chi connectivity index (χ4v) is 3.17. The molecule has 0 aliphatic heterocycles. The SMILES string of the molecule is CCC(C)(C)C(=O)OC.CCC(C)(C)C(=O)OCC[N+](C)(C)C.CCCCCCCCOC(C)COCCOC(=O)C(C)(C)CC.[Cl-]. The van der Waals surface area contributed by atoms with E-state index in [9.17, 15) is 14.4 Å². The number of halogens is 1. The van der Waals surface area contributed by atoms with Crippen molar-refractivity contribution in [1.29, 1.82) is 0 Å². The minimum absolute atomic E-state index is 0. The molecule has 0 aromatic carbocycles. The van der Waals surface area contributed by atoms with Crippen LogP contribution in [0.1, 0.15) is 134 Å². The molecule has 0 N–H and O–H groups in total. The summed E-state index contributed by atoms with van der Waals surface area (Å²) in [5, 5.41) is 0. The summed E-state index contributed by atoms with van der Waals surface area (Å²) in [6.45, 7) is 25.0. The van der Waals surface area contributed by atoms with Gasteiger partial charge in [0.1, 0.15) is 19.8 Å². The molecule has 0 rings (SSSR count). The molecule has 0 heterocycles. The molecule has 0 aromatic rings. The molecule has 10 heteroatoms. The number of rotatable bonds is 22. The van der Waals surface area contributed by atoms with Gasteiger partial charge in [-0.15, -0.1) is 0 Å². The second-order valence-corrected chi connectivity index (χ2v) is 15.0. The van der Waals surface area contributed by atoms with Gasteiger partial charge in [-0.2, -0.15) is 0 Å². The van der Waals surface area contributed by atoms with E-state index in [1.165, 1.54) is 39.2 Å². The zero-order chi connectivity index (χ0) is 36.5. The maximum absolute atomic E-state index is 11.8. The average molecular weight is 698 g/mol. The molecule has 0 bridgehead atoms. The van der Waals surface area contributed by atoms with Gasteiger partial charge in [0, 0.05) is 6.61 Å². The summed E-state index contributed by atoms with van der Waals surface area (Å²) in [5.41, 5.74) is -1.06. The number of ether oxygens (including phenoxy) is 5. The van der Waals surface area contributed by atoms with E-state index >= 15 is 0 Å². The summed E-state index contributed by atoms with van der Waals surface area (Å²) in [5.74, 6) is -0.380. The number of hydrogen-bond donors (Lipinski definition) is 0. The predicted molar refractivity (Wildman–Crippen MR) is 189 cm³/mol. The highest BCUT2D eigenvalue weighted by Gasteiger charge is 2.28. The second kappa shape index (κ2) is 28.4. The fourth-order valence-electron chi connectivity index (χ4n) is 3.17. The van der Waals surface area contributed by atoms with Crippen LogP contribution in [0.2, 0.25) is 0 Å². The van der Waals surface area contributed by atoms with E-state index in [1.807, 2.05) is 69.2 Å². The molecule has 0 saturated carbocycles. The smallest absolute Gasteiger partial charge is 0.311 e. The number of nitrogens with zero attached hydrogens (tertiary/aromatic N) is 1. The molecule has 0 aromatic heterocycles. The third kappa shape index (κ3) is 30.4. The van der Waals surface area contributed by atoms with Crippen LogP contribution in [0.3, 0.4) is 0 Å². The molecule has 0 saturated heterocycles. The lowest BCUT2D eigenvalue weighted by Crippen LogP contribution is -3.00. The summed E-state index contributed by atoms with van der Waals surface area (Å²) in [6, 6.07) is 0. The van der Waals surface area contributed by atoms with Gasteiger partial charge in [-0.25, -0.2) is 0 Å². The second-order valence-electron chi connectivity index (χ2n) is 15.0. The summed E-state index contributed by atoms with van der Waals surface area (Å²) in [6.07, 6.45) is 10.1. The lowest BCUT2D eigenvalue weighted by molar-refractivity contribution is -0.870. The maximum Gasteiger partial charge on any atom is 0.311 e. The van der Waals surface area contributed by atoms with E-state index in [0.717, 1.165) is 43.3 Å². The Morgan fingerprint density at radius 2 is 1.04 bits per heavy atom. The number of hydrogen-bond acceptors (Lipinski definition) is 8. The maximum atomic E-state index is 11.8. The molecule has 47 heavy (non-hydrogen) atoms.